The Hall–Kier alpha value is -1.91. The van der Waals surface area contributed by atoms with Crippen molar-refractivity contribution < 1.29 is 9.72 Å². The van der Waals surface area contributed by atoms with E-state index in [0.717, 1.165) is 0 Å². The number of rotatable bonds is 2. The van der Waals surface area contributed by atoms with Crippen molar-refractivity contribution >= 4 is 11.6 Å². The number of amides is 1. The first kappa shape index (κ1) is 13.1. The van der Waals surface area contributed by atoms with Crippen LogP contribution in [-0.2, 0) is 0 Å². The van der Waals surface area contributed by atoms with E-state index in [0.29, 0.717) is 5.56 Å². The highest BCUT2D eigenvalue weighted by atomic mass is 16.6. The topological polar surface area (TPSA) is 86.2 Å². The number of hydrogen-bond acceptors (Lipinski definition) is 3. The molecule has 0 aliphatic carbocycles. The number of benzene rings is 1. The maximum Gasteiger partial charge on any atom is 0.273 e. The second-order valence-corrected chi connectivity index (χ2v) is 2.62. The maximum atomic E-state index is 10.7. The number of aryl methyl sites for hydroxylation is 1. The monoisotopic (exact) mass is 210 g/mol. The maximum absolute atomic E-state index is 10.7. The molecule has 2 N–H and O–H groups in total. The molecule has 1 aromatic rings. The van der Waals surface area contributed by atoms with Gasteiger partial charge in [-0.05, 0) is 13.0 Å². The summed E-state index contributed by atoms with van der Waals surface area (Å²) in [6.07, 6.45) is 0. The number of nitro benzene ring substituents is 1. The van der Waals surface area contributed by atoms with Crippen LogP contribution >= 0.6 is 0 Å². The number of nitrogens with two attached hydrogens (primary N) is 1. The highest BCUT2D eigenvalue weighted by molar-refractivity contribution is 5.93. The van der Waals surface area contributed by atoms with Crippen LogP contribution in [-0.4, -0.2) is 10.8 Å². The zero-order chi connectivity index (χ0) is 12.0. The average molecular weight is 210 g/mol. The molecule has 0 aliphatic rings. The van der Waals surface area contributed by atoms with E-state index in [2.05, 4.69) is 0 Å². The van der Waals surface area contributed by atoms with Gasteiger partial charge in [-0.15, -0.1) is 0 Å². The lowest BCUT2D eigenvalue weighted by molar-refractivity contribution is -0.385. The third kappa shape index (κ3) is 3.38. The number of carbonyl (C=O) groups excluding carboxylic acids is 1. The number of hydrogen-bond donors (Lipinski definition) is 1. The first-order valence-corrected chi connectivity index (χ1v) is 4.57. The quantitative estimate of drug-likeness (QED) is 0.598. The number of nitrogens with zero attached hydrogens (tertiary/aromatic N) is 1. The van der Waals surface area contributed by atoms with Gasteiger partial charge in [0.25, 0.3) is 5.69 Å². The molecule has 0 unspecified atom stereocenters. The second kappa shape index (κ2) is 5.74. The van der Waals surface area contributed by atoms with Gasteiger partial charge in [-0.2, -0.15) is 0 Å². The van der Waals surface area contributed by atoms with E-state index in [-0.39, 0.29) is 11.3 Å². The van der Waals surface area contributed by atoms with Crippen LogP contribution in [0.25, 0.3) is 0 Å². The summed E-state index contributed by atoms with van der Waals surface area (Å²) < 4.78 is 0. The predicted octanol–water partition coefficient (Wildman–Crippen LogP) is 2.03. The highest BCUT2D eigenvalue weighted by Crippen LogP contribution is 2.18. The fraction of sp³-hybridized carbons (Fsp3) is 0.300. The van der Waals surface area contributed by atoms with E-state index >= 15 is 0 Å². The zero-order valence-electron chi connectivity index (χ0n) is 8.98. The number of carbonyl (C=O) groups is 1. The third-order valence-electron chi connectivity index (χ3n) is 1.69. The van der Waals surface area contributed by atoms with Crippen LogP contribution in [0.1, 0.15) is 29.8 Å². The van der Waals surface area contributed by atoms with Crippen molar-refractivity contribution in [3.8, 4) is 0 Å². The molecular weight excluding hydrogens is 196 g/mol. The van der Waals surface area contributed by atoms with Gasteiger partial charge in [0.05, 0.1) is 4.92 Å². The van der Waals surface area contributed by atoms with Crippen LogP contribution in [0.15, 0.2) is 18.2 Å². The summed E-state index contributed by atoms with van der Waals surface area (Å²) in [5, 5.41) is 10.5. The van der Waals surface area contributed by atoms with Crippen LogP contribution in [0, 0.1) is 17.0 Å². The molecule has 0 radical (unpaired) electrons. The van der Waals surface area contributed by atoms with E-state index in [9.17, 15) is 14.9 Å². The smallest absolute Gasteiger partial charge is 0.273 e. The van der Waals surface area contributed by atoms with E-state index in [1.54, 1.807) is 6.92 Å². The second-order valence-electron chi connectivity index (χ2n) is 2.62. The van der Waals surface area contributed by atoms with E-state index < -0.39 is 10.8 Å². The molecule has 0 saturated carbocycles. The predicted molar refractivity (Wildman–Crippen MR) is 57.7 cm³/mol. The fourth-order valence-corrected chi connectivity index (χ4v) is 0.959. The van der Waals surface area contributed by atoms with Crippen molar-refractivity contribution in [2.24, 2.45) is 5.73 Å². The fourth-order valence-electron chi connectivity index (χ4n) is 0.959. The van der Waals surface area contributed by atoms with Gasteiger partial charge in [0.2, 0.25) is 5.91 Å². The lowest BCUT2D eigenvalue weighted by Gasteiger charge is -1.98. The molecule has 0 atom stereocenters. The van der Waals surface area contributed by atoms with Gasteiger partial charge in [0.1, 0.15) is 0 Å². The van der Waals surface area contributed by atoms with Gasteiger partial charge in [-0.3, -0.25) is 14.9 Å². The minimum Gasteiger partial charge on any atom is -0.366 e. The average Bonchev–Trinajstić information content (AvgIpc) is 2.20. The van der Waals surface area contributed by atoms with Crippen LogP contribution in [0.5, 0.6) is 0 Å². The van der Waals surface area contributed by atoms with E-state index in [1.165, 1.54) is 18.2 Å². The third-order valence-corrected chi connectivity index (χ3v) is 1.69. The summed E-state index contributed by atoms with van der Waals surface area (Å²) in [5.74, 6) is -0.664. The van der Waals surface area contributed by atoms with Crippen LogP contribution in [0.3, 0.4) is 0 Å². The molecule has 1 amide bonds. The Morgan fingerprint density at radius 3 is 2.33 bits per heavy atom. The van der Waals surface area contributed by atoms with Crippen molar-refractivity contribution in [3.63, 3.8) is 0 Å². The lowest BCUT2D eigenvalue weighted by atomic mass is 10.1. The summed E-state index contributed by atoms with van der Waals surface area (Å²) in [5.41, 5.74) is 5.54. The van der Waals surface area contributed by atoms with Crippen molar-refractivity contribution in [1.82, 2.24) is 0 Å². The van der Waals surface area contributed by atoms with Crippen molar-refractivity contribution in [1.29, 1.82) is 0 Å². The van der Waals surface area contributed by atoms with Crippen molar-refractivity contribution in [2.45, 2.75) is 20.8 Å². The van der Waals surface area contributed by atoms with Crippen molar-refractivity contribution in [2.75, 3.05) is 0 Å². The minimum atomic E-state index is -0.664. The standard InChI is InChI=1S/C8H8N2O3.C2H6/c1-5-2-3-6(8(9)11)4-7(5)10(12)13;1-2/h2-4H,1H3,(H2,9,11);1-2H3. The van der Waals surface area contributed by atoms with Crippen LogP contribution in [0.4, 0.5) is 5.69 Å². The minimum absolute atomic E-state index is 0.0868. The van der Waals surface area contributed by atoms with Gasteiger partial charge in [0.15, 0.2) is 0 Å². The van der Waals surface area contributed by atoms with Gasteiger partial charge >= 0.3 is 0 Å². The molecule has 0 fully saturated rings. The van der Waals surface area contributed by atoms with Gasteiger partial charge in [0, 0.05) is 17.2 Å². The molecule has 0 spiro atoms. The van der Waals surface area contributed by atoms with Crippen LogP contribution < -0.4 is 5.73 Å². The van der Waals surface area contributed by atoms with Crippen molar-refractivity contribution in [3.05, 3.63) is 39.4 Å². The van der Waals surface area contributed by atoms with E-state index in [4.69, 9.17) is 5.73 Å². The Labute approximate surface area is 88.1 Å². The first-order valence-electron chi connectivity index (χ1n) is 4.57. The van der Waals surface area contributed by atoms with Gasteiger partial charge in [-0.1, -0.05) is 19.9 Å². The zero-order valence-corrected chi connectivity index (χ0v) is 8.98. The van der Waals surface area contributed by atoms with Crippen LogP contribution in [0.2, 0.25) is 0 Å². The summed E-state index contributed by atoms with van der Waals surface area (Å²) in [6.45, 7) is 5.60. The molecule has 5 nitrogen and oxygen atoms in total. The number of nitro groups is 1. The molecule has 0 saturated heterocycles. The van der Waals surface area contributed by atoms with Gasteiger partial charge in [-0.25, -0.2) is 0 Å². The Kier molecular flexibility index (Phi) is 5.01. The molecule has 0 bridgehead atoms. The van der Waals surface area contributed by atoms with Gasteiger partial charge < -0.3 is 5.73 Å². The molecule has 5 heteroatoms. The number of primary amides is 1. The Morgan fingerprint density at radius 1 is 1.40 bits per heavy atom. The summed E-state index contributed by atoms with van der Waals surface area (Å²) in [7, 11) is 0. The Morgan fingerprint density at radius 2 is 1.93 bits per heavy atom. The first-order chi connectivity index (χ1) is 7.02. The highest BCUT2D eigenvalue weighted by Gasteiger charge is 2.12. The molecule has 15 heavy (non-hydrogen) atoms. The largest absolute Gasteiger partial charge is 0.366 e. The SMILES string of the molecule is CC.Cc1ccc(C(N)=O)cc1[N+](=O)[O-]. The molecule has 82 valence electrons. The Bertz CT molecular complexity index is 375. The summed E-state index contributed by atoms with van der Waals surface area (Å²) in [4.78, 5) is 20.6. The summed E-state index contributed by atoms with van der Waals surface area (Å²) >= 11 is 0. The summed E-state index contributed by atoms with van der Waals surface area (Å²) in [6, 6.07) is 4.14. The molecule has 0 aliphatic heterocycles. The molecule has 0 heterocycles. The molecule has 1 aromatic carbocycles. The normalized spacial score (nSPS) is 8.73. The lowest BCUT2D eigenvalue weighted by Crippen LogP contribution is -2.11. The molecular formula is C10H14N2O3. The molecule has 1 rings (SSSR count). The Balaban J connectivity index is 0.000000921. The molecule has 0 aromatic heterocycles. The van der Waals surface area contributed by atoms with E-state index in [1.807, 2.05) is 13.8 Å².